The Morgan fingerprint density at radius 2 is 1.55 bits per heavy atom. The molecule has 0 spiro atoms. The summed E-state index contributed by atoms with van der Waals surface area (Å²) in [6.45, 7) is 5.31. The molecule has 202 valence electrons. The number of aldehydes is 1. The highest BCUT2D eigenvalue weighted by molar-refractivity contribution is 5.89. The standard InChI is InChI=1S/C30H35N3O3.C2H6/c1-31-18-21-10-14-26(15-11-21)29(35)33-28(17-24-12-13-25-4-2-3-5-27(25)16-24)30(36)32-19-22-6-8-23(20-34)9-7-22;1-2/h2-9,12-13,16,20-21,26,28,31H,10-11,14-15,17-19H2,1H3,(H,32,36)(H,33,35);1-2H3. The molecule has 0 aliphatic heterocycles. The second kappa shape index (κ2) is 15.0. The molecule has 1 atom stereocenters. The van der Waals surface area contributed by atoms with Crippen molar-refractivity contribution in [1.29, 1.82) is 0 Å². The lowest BCUT2D eigenvalue weighted by atomic mass is 9.81. The Kier molecular flexibility index (Phi) is 11.5. The molecule has 1 saturated carbocycles. The minimum absolute atomic E-state index is 0.0332. The van der Waals surface area contributed by atoms with Gasteiger partial charge in [-0.05, 0) is 67.1 Å². The fourth-order valence-electron chi connectivity index (χ4n) is 5.04. The highest BCUT2D eigenvalue weighted by Crippen LogP contribution is 2.28. The van der Waals surface area contributed by atoms with Crippen LogP contribution in [-0.2, 0) is 22.6 Å². The van der Waals surface area contributed by atoms with Crippen molar-refractivity contribution in [1.82, 2.24) is 16.0 Å². The van der Waals surface area contributed by atoms with E-state index < -0.39 is 6.04 Å². The second-order valence-corrected chi connectivity index (χ2v) is 9.80. The zero-order valence-electron chi connectivity index (χ0n) is 22.8. The molecule has 0 bridgehead atoms. The molecule has 1 unspecified atom stereocenters. The van der Waals surface area contributed by atoms with Crippen molar-refractivity contribution in [3.05, 3.63) is 83.4 Å². The van der Waals surface area contributed by atoms with Gasteiger partial charge in [0.2, 0.25) is 11.8 Å². The van der Waals surface area contributed by atoms with Crippen molar-refractivity contribution in [2.75, 3.05) is 13.6 Å². The van der Waals surface area contributed by atoms with Gasteiger partial charge in [-0.25, -0.2) is 0 Å². The normalized spacial score (nSPS) is 17.6. The van der Waals surface area contributed by atoms with Gasteiger partial charge in [0.05, 0.1) is 0 Å². The topological polar surface area (TPSA) is 87.3 Å². The van der Waals surface area contributed by atoms with Crippen LogP contribution in [0.3, 0.4) is 0 Å². The number of amides is 2. The predicted octanol–water partition coefficient (Wildman–Crippen LogP) is 5.05. The van der Waals surface area contributed by atoms with Crippen LogP contribution in [0.2, 0.25) is 0 Å². The molecule has 3 aromatic rings. The van der Waals surface area contributed by atoms with Crippen LogP contribution < -0.4 is 16.0 Å². The van der Waals surface area contributed by atoms with Crippen molar-refractivity contribution in [2.24, 2.45) is 11.8 Å². The number of benzene rings is 3. The zero-order valence-corrected chi connectivity index (χ0v) is 22.8. The first-order valence-electron chi connectivity index (χ1n) is 13.8. The fourth-order valence-corrected chi connectivity index (χ4v) is 5.04. The summed E-state index contributed by atoms with van der Waals surface area (Å²) in [5.41, 5.74) is 2.49. The van der Waals surface area contributed by atoms with E-state index in [2.05, 4.69) is 40.2 Å². The Bertz CT molecular complexity index is 1180. The maximum Gasteiger partial charge on any atom is 0.243 e. The number of hydrogen-bond acceptors (Lipinski definition) is 4. The molecule has 0 aromatic heterocycles. The van der Waals surface area contributed by atoms with Gasteiger partial charge >= 0.3 is 0 Å². The lowest BCUT2D eigenvalue weighted by molar-refractivity contribution is -0.132. The number of carbonyl (C=O) groups is 3. The first-order chi connectivity index (χ1) is 18.6. The second-order valence-electron chi connectivity index (χ2n) is 9.80. The van der Waals surface area contributed by atoms with Gasteiger partial charge in [-0.15, -0.1) is 0 Å². The molecular formula is C32H41N3O3. The average Bonchev–Trinajstić information content (AvgIpc) is 2.97. The summed E-state index contributed by atoms with van der Waals surface area (Å²) in [7, 11) is 1.96. The van der Waals surface area contributed by atoms with Gasteiger partial charge in [0.15, 0.2) is 0 Å². The van der Waals surface area contributed by atoms with E-state index >= 15 is 0 Å². The quantitative estimate of drug-likeness (QED) is 0.330. The maximum atomic E-state index is 13.3. The minimum Gasteiger partial charge on any atom is -0.350 e. The number of carbonyl (C=O) groups excluding carboxylic acids is 3. The highest BCUT2D eigenvalue weighted by atomic mass is 16.2. The summed E-state index contributed by atoms with van der Waals surface area (Å²) in [4.78, 5) is 37.4. The van der Waals surface area contributed by atoms with E-state index in [1.165, 1.54) is 0 Å². The van der Waals surface area contributed by atoms with Gasteiger partial charge in [0.1, 0.15) is 12.3 Å². The van der Waals surface area contributed by atoms with E-state index in [0.29, 0.717) is 24.4 Å². The van der Waals surface area contributed by atoms with Gasteiger partial charge in [-0.1, -0.05) is 80.6 Å². The molecule has 0 radical (unpaired) electrons. The molecule has 1 fully saturated rings. The smallest absolute Gasteiger partial charge is 0.243 e. The Hall–Kier alpha value is -3.51. The average molecular weight is 516 g/mol. The molecule has 2 amide bonds. The Balaban J connectivity index is 0.00000195. The third-order valence-corrected chi connectivity index (χ3v) is 7.18. The summed E-state index contributed by atoms with van der Waals surface area (Å²) >= 11 is 0. The van der Waals surface area contributed by atoms with Crippen molar-refractivity contribution in [3.8, 4) is 0 Å². The van der Waals surface area contributed by atoms with Gasteiger partial charge in [0.25, 0.3) is 0 Å². The van der Waals surface area contributed by atoms with E-state index in [-0.39, 0.29) is 17.7 Å². The summed E-state index contributed by atoms with van der Waals surface area (Å²) in [5, 5.41) is 11.5. The van der Waals surface area contributed by atoms with Crippen molar-refractivity contribution < 1.29 is 14.4 Å². The molecule has 38 heavy (non-hydrogen) atoms. The van der Waals surface area contributed by atoms with Gasteiger partial charge in [-0.2, -0.15) is 0 Å². The molecule has 1 aliphatic carbocycles. The lowest BCUT2D eigenvalue weighted by Crippen LogP contribution is -2.50. The molecule has 0 heterocycles. The first-order valence-corrected chi connectivity index (χ1v) is 13.8. The maximum absolute atomic E-state index is 13.3. The van der Waals surface area contributed by atoms with Crippen molar-refractivity contribution in [2.45, 2.75) is 58.5 Å². The SMILES string of the molecule is CC.CNCC1CCC(C(=O)NC(Cc2ccc3ccccc3c2)C(=O)NCc2ccc(C=O)cc2)CC1. The van der Waals surface area contributed by atoms with Crippen LogP contribution in [0.1, 0.15) is 61.0 Å². The Morgan fingerprint density at radius 3 is 2.21 bits per heavy atom. The molecule has 3 N–H and O–H groups in total. The van der Waals surface area contributed by atoms with Gasteiger partial charge in [-0.3, -0.25) is 14.4 Å². The molecule has 6 nitrogen and oxygen atoms in total. The van der Waals surface area contributed by atoms with Crippen LogP contribution >= 0.6 is 0 Å². The monoisotopic (exact) mass is 515 g/mol. The zero-order chi connectivity index (χ0) is 27.3. The van der Waals surface area contributed by atoms with E-state index in [4.69, 9.17) is 0 Å². The molecule has 0 saturated heterocycles. The van der Waals surface area contributed by atoms with E-state index in [1.54, 1.807) is 12.1 Å². The first kappa shape index (κ1) is 29.1. The third-order valence-electron chi connectivity index (χ3n) is 7.18. The molecule has 6 heteroatoms. The molecular weight excluding hydrogens is 474 g/mol. The summed E-state index contributed by atoms with van der Waals surface area (Å²) in [5.74, 6) is 0.316. The molecule has 1 aliphatic rings. The largest absolute Gasteiger partial charge is 0.350 e. The Labute approximate surface area is 226 Å². The van der Waals surface area contributed by atoms with E-state index in [1.807, 2.05) is 51.2 Å². The minimum atomic E-state index is -0.664. The van der Waals surface area contributed by atoms with Gasteiger partial charge in [0, 0.05) is 24.4 Å². The summed E-state index contributed by atoms with van der Waals surface area (Å²) in [6, 6.07) is 20.7. The van der Waals surface area contributed by atoms with Crippen LogP contribution in [-0.4, -0.2) is 37.7 Å². The van der Waals surface area contributed by atoms with E-state index in [0.717, 1.165) is 60.4 Å². The van der Waals surface area contributed by atoms with Crippen molar-refractivity contribution in [3.63, 3.8) is 0 Å². The summed E-state index contributed by atoms with van der Waals surface area (Å²) in [6.07, 6.45) is 4.97. The lowest BCUT2D eigenvalue weighted by Gasteiger charge is -2.29. The van der Waals surface area contributed by atoms with E-state index in [9.17, 15) is 14.4 Å². The number of rotatable bonds is 10. The number of hydrogen-bond donors (Lipinski definition) is 3. The van der Waals surface area contributed by atoms with Crippen LogP contribution in [0.15, 0.2) is 66.7 Å². The predicted molar refractivity (Wildman–Crippen MR) is 154 cm³/mol. The van der Waals surface area contributed by atoms with Crippen LogP contribution in [0.25, 0.3) is 10.8 Å². The van der Waals surface area contributed by atoms with Gasteiger partial charge < -0.3 is 16.0 Å². The third kappa shape index (κ3) is 8.25. The Morgan fingerprint density at radius 1 is 0.895 bits per heavy atom. The van der Waals surface area contributed by atoms with Crippen LogP contribution in [0.4, 0.5) is 0 Å². The van der Waals surface area contributed by atoms with Crippen LogP contribution in [0.5, 0.6) is 0 Å². The highest BCUT2D eigenvalue weighted by Gasteiger charge is 2.29. The number of fused-ring (bicyclic) bond motifs is 1. The van der Waals surface area contributed by atoms with Crippen molar-refractivity contribution >= 4 is 28.9 Å². The molecule has 4 rings (SSSR count). The number of nitrogens with one attached hydrogen (secondary N) is 3. The molecule has 3 aromatic carbocycles. The fraction of sp³-hybridized carbons (Fsp3) is 0.406. The van der Waals surface area contributed by atoms with Crippen LogP contribution in [0, 0.1) is 11.8 Å². The summed E-state index contributed by atoms with van der Waals surface area (Å²) < 4.78 is 0.